The Hall–Kier alpha value is -2.33. The molecule has 1 atom stereocenters. The van der Waals surface area contributed by atoms with Gasteiger partial charge in [0.05, 0.1) is 24.6 Å². The number of carbonyl (C=O) groups is 2. The zero-order valence-corrected chi connectivity index (χ0v) is 17.1. The number of thiocarbonyl (C=S) groups is 1. The van der Waals surface area contributed by atoms with Crippen LogP contribution in [-0.2, 0) is 17.5 Å². The molecule has 29 heavy (non-hydrogen) atoms. The number of thioether (sulfide) groups is 1. The largest absolute Gasteiger partial charge is 0.472 e. The first-order valence-electron chi connectivity index (χ1n) is 8.52. The third-order valence-corrected chi connectivity index (χ3v) is 6.05. The van der Waals surface area contributed by atoms with E-state index in [9.17, 15) is 22.8 Å². The minimum absolute atomic E-state index is 0.174. The zero-order chi connectivity index (χ0) is 21.4. The van der Waals surface area contributed by atoms with Crippen molar-refractivity contribution in [1.82, 2.24) is 10.2 Å². The van der Waals surface area contributed by atoms with Crippen molar-refractivity contribution in [2.75, 3.05) is 0 Å². The highest BCUT2D eigenvalue weighted by atomic mass is 32.2. The Balaban J connectivity index is 1.83. The van der Waals surface area contributed by atoms with E-state index in [-0.39, 0.29) is 12.1 Å². The first-order valence-corrected chi connectivity index (χ1v) is 9.75. The van der Waals surface area contributed by atoms with Crippen molar-refractivity contribution in [3.8, 4) is 0 Å². The smallest absolute Gasteiger partial charge is 0.416 e. The molecule has 1 aromatic carbocycles. The molecule has 1 aliphatic heterocycles. The van der Waals surface area contributed by atoms with Crippen LogP contribution >= 0.6 is 24.0 Å². The average Bonchev–Trinajstić information content (AvgIpc) is 3.14. The average molecular weight is 442 g/mol. The van der Waals surface area contributed by atoms with Gasteiger partial charge in [-0.2, -0.15) is 13.2 Å². The molecule has 3 rings (SSSR count). The van der Waals surface area contributed by atoms with Crippen molar-refractivity contribution in [2.45, 2.75) is 37.4 Å². The van der Waals surface area contributed by atoms with Gasteiger partial charge in [0.2, 0.25) is 0 Å². The first-order chi connectivity index (χ1) is 13.5. The zero-order valence-electron chi connectivity index (χ0n) is 15.4. The number of rotatable bonds is 4. The van der Waals surface area contributed by atoms with Gasteiger partial charge < -0.3 is 9.73 Å². The van der Waals surface area contributed by atoms with Crippen molar-refractivity contribution < 1.29 is 27.2 Å². The Morgan fingerprint density at radius 1 is 1.34 bits per heavy atom. The molecule has 1 aliphatic rings. The number of nitrogens with one attached hydrogen (secondary N) is 1. The summed E-state index contributed by atoms with van der Waals surface area (Å²) < 4.78 is 43.4. The number of nitrogens with zero attached hydrogens (tertiary/aromatic N) is 1. The van der Waals surface area contributed by atoms with E-state index in [1.165, 1.54) is 35.3 Å². The minimum Gasteiger partial charge on any atom is -0.472 e. The number of amides is 2. The third-order valence-electron chi connectivity index (χ3n) is 4.43. The molecule has 0 spiro atoms. The van der Waals surface area contributed by atoms with E-state index in [0.29, 0.717) is 4.32 Å². The Bertz CT molecular complexity index is 942. The predicted molar refractivity (Wildman–Crippen MR) is 106 cm³/mol. The normalized spacial score (nSPS) is 19.3. The lowest BCUT2D eigenvalue weighted by atomic mass is 10.00. The molecule has 1 fully saturated rings. The van der Waals surface area contributed by atoms with Crippen molar-refractivity contribution >= 4 is 40.1 Å². The van der Waals surface area contributed by atoms with E-state index in [1.807, 2.05) is 0 Å². The molecule has 0 bridgehead atoms. The molecule has 2 amide bonds. The highest BCUT2D eigenvalue weighted by Crippen LogP contribution is 2.37. The number of halogens is 3. The standard InChI is InChI=1S/C19H17F3N2O3S2/c1-18(2)14(16(26)24(17(28)29-18)9-11-6-7-27-10-11)23-15(25)12-4-3-5-13(8-12)19(20,21)22/h3-8,10,14H,9H2,1-2H3,(H,23,25). The molecule has 0 aliphatic carbocycles. The molecule has 2 heterocycles. The number of hydrogen-bond acceptors (Lipinski definition) is 5. The first kappa shape index (κ1) is 21.4. The summed E-state index contributed by atoms with van der Waals surface area (Å²) in [5.41, 5.74) is -0.386. The molecule has 0 saturated carbocycles. The van der Waals surface area contributed by atoms with Crippen LogP contribution in [0.2, 0.25) is 0 Å². The highest BCUT2D eigenvalue weighted by Gasteiger charge is 2.46. The van der Waals surface area contributed by atoms with Crippen LogP contribution in [-0.4, -0.2) is 31.8 Å². The summed E-state index contributed by atoms with van der Waals surface area (Å²) in [6.07, 6.45) is -1.62. The maximum Gasteiger partial charge on any atom is 0.416 e. The second kappa shape index (κ2) is 7.83. The van der Waals surface area contributed by atoms with Crippen LogP contribution in [0.5, 0.6) is 0 Å². The van der Waals surface area contributed by atoms with E-state index in [2.05, 4.69) is 5.32 Å². The van der Waals surface area contributed by atoms with Crippen LogP contribution < -0.4 is 5.32 Å². The summed E-state index contributed by atoms with van der Waals surface area (Å²) in [5, 5.41) is 2.58. The molecular weight excluding hydrogens is 425 g/mol. The third kappa shape index (κ3) is 4.64. The Morgan fingerprint density at radius 2 is 2.07 bits per heavy atom. The van der Waals surface area contributed by atoms with Gasteiger partial charge in [-0.3, -0.25) is 14.5 Å². The quantitative estimate of drug-likeness (QED) is 0.718. The Morgan fingerprint density at radius 3 is 2.69 bits per heavy atom. The molecule has 1 aromatic heterocycles. The van der Waals surface area contributed by atoms with Crippen LogP contribution in [0.25, 0.3) is 0 Å². The Kier molecular flexibility index (Phi) is 5.77. The van der Waals surface area contributed by atoms with Crippen molar-refractivity contribution in [1.29, 1.82) is 0 Å². The Labute approximate surface area is 174 Å². The van der Waals surface area contributed by atoms with Crippen LogP contribution in [0.15, 0.2) is 47.3 Å². The van der Waals surface area contributed by atoms with Gasteiger partial charge in [-0.25, -0.2) is 0 Å². The van der Waals surface area contributed by atoms with Gasteiger partial charge in [0.25, 0.3) is 11.8 Å². The van der Waals surface area contributed by atoms with Gasteiger partial charge in [0, 0.05) is 15.9 Å². The second-order valence-electron chi connectivity index (χ2n) is 7.01. The summed E-state index contributed by atoms with van der Waals surface area (Å²) >= 11 is 6.59. The van der Waals surface area contributed by atoms with Gasteiger partial charge >= 0.3 is 6.18 Å². The van der Waals surface area contributed by atoms with E-state index >= 15 is 0 Å². The van der Waals surface area contributed by atoms with Gasteiger partial charge in [-0.1, -0.05) is 30.0 Å². The van der Waals surface area contributed by atoms with Crippen LogP contribution in [0.1, 0.15) is 35.3 Å². The topological polar surface area (TPSA) is 62.6 Å². The van der Waals surface area contributed by atoms with Crippen molar-refractivity contribution in [3.05, 3.63) is 59.5 Å². The lowest BCUT2D eigenvalue weighted by molar-refractivity contribution is -0.137. The molecule has 0 radical (unpaired) electrons. The molecule has 2 aromatic rings. The summed E-state index contributed by atoms with van der Waals surface area (Å²) in [5.74, 6) is -1.19. The van der Waals surface area contributed by atoms with Gasteiger partial charge in [-0.05, 0) is 38.1 Å². The van der Waals surface area contributed by atoms with Gasteiger partial charge in [0.1, 0.15) is 10.4 Å². The number of hydrogen-bond donors (Lipinski definition) is 1. The number of carbonyl (C=O) groups excluding carboxylic acids is 2. The summed E-state index contributed by atoms with van der Waals surface area (Å²) in [4.78, 5) is 27.0. The summed E-state index contributed by atoms with van der Waals surface area (Å²) in [7, 11) is 0. The van der Waals surface area contributed by atoms with E-state index in [4.69, 9.17) is 16.6 Å². The SMILES string of the molecule is CC1(C)SC(=S)N(Cc2ccoc2)C(=O)C1NC(=O)c1cccc(C(F)(F)F)c1. The van der Waals surface area contributed by atoms with Crippen molar-refractivity contribution in [2.24, 2.45) is 0 Å². The highest BCUT2D eigenvalue weighted by molar-refractivity contribution is 8.24. The maximum atomic E-state index is 13.1. The van der Waals surface area contributed by atoms with Crippen LogP contribution in [0, 0.1) is 0 Å². The molecule has 1 N–H and O–H groups in total. The lowest BCUT2D eigenvalue weighted by Crippen LogP contribution is -2.62. The fourth-order valence-corrected chi connectivity index (χ4v) is 4.67. The molecule has 5 nitrogen and oxygen atoms in total. The number of furan rings is 1. The van der Waals surface area contributed by atoms with E-state index in [1.54, 1.807) is 19.9 Å². The van der Waals surface area contributed by atoms with Crippen molar-refractivity contribution in [3.63, 3.8) is 0 Å². The van der Waals surface area contributed by atoms with Crippen LogP contribution in [0.3, 0.4) is 0 Å². The lowest BCUT2D eigenvalue weighted by Gasteiger charge is -2.42. The monoisotopic (exact) mass is 442 g/mol. The summed E-state index contributed by atoms with van der Waals surface area (Å²) in [6, 6.07) is 4.78. The molecular formula is C19H17F3N2O3S2. The number of alkyl halides is 3. The fourth-order valence-electron chi connectivity index (χ4n) is 2.88. The van der Waals surface area contributed by atoms with Crippen LogP contribution in [0.4, 0.5) is 13.2 Å². The molecule has 154 valence electrons. The summed E-state index contributed by atoms with van der Waals surface area (Å²) in [6.45, 7) is 3.66. The second-order valence-corrected chi connectivity index (χ2v) is 9.30. The maximum absolute atomic E-state index is 13.1. The minimum atomic E-state index is -4.57. The van der Waals surface area contributed by atoms with E-state index in [0.717, 1.165) is 23.8 Å². The fraction of sp³-hybridized carbons (Fsp3) is 0.316. The molecule has 1 unspecified atom stereocenters. The molecule has 1 saturated heterocycles. The molecule has 10 heteroatoms. The van der Waals surface area contributed by atoms with Gasteiger partial charge in [0.15, 0.2) is 0 Å². The van der Waals surface area contributed by atoms with Gasteiger partial charge in [-0.15, -0.1) is 0 Å². The predicted octanol–water partition coefficient (Wildman–Crippen LogP) is 4.24. The number of benzene rings is 1. The van der Waals surface area contributed by atoms with E-state index < -0.39 is 34.3 Å².